The molecule has 0 atom stereocenters. The summed E-state index contributed by atoms with van der Waals surface area (Å²) >= 11 is 1.46. The molecule has 0 fully saturated rings. The molecule has 0 saturated heterocycles. The van der Waals surface area contributed by atoms with E-state index in [0.29, 0.717) is 0 Å². The number of carbonyl (C=O) groups excluding carboxylic acids is 1. The molecule has 0 spiro atoms. The van der Waals surface area contributed by atoms with Gasteiger partial charge < -0.3 is 0 Å². The lowest BCUT2D eigenvalue weighted by molar-refractivity contribution is -0.192. The second kappa shape index (κ2) is 3.35. The Balaban J connectivity index is 2.83. The SMILES string of the molecule is CC(=O)OOI. The lowest BCUT2D eigenvalue weighted by atomic mass is 10.9. The molecule has 0 heterocycles. The zero-order valence-electron chi connectivity index (χ0n) is 3.10. The highest BCUT2D eigenvalue weighted by atomic mass is 127. The maximum atomic E-state index is 9.69. The van der Waals surface area contributed by atoms with Crippen LogP contribution in [0.15, 0.2) is 0 Å². The van der Waals surface area contributed by atoms with Gasteiger partial charge in [0.05, 0.1) is 0 Å². The van der Waals surface area contributed by atoms with E-state index in [4.69, 9.17) is 0 Å². The number of rotatable bonds is 1. The van der Waals surface area contributed by atoms with Gasteiger partial charge in [-0.3, -0.25) is 4.89 Å². The standard InChI is InChI=1S/C2H3IO3/c1-2(4)5-6-3/h1H3. The summed E-state index contributed by atoms with van der Waals surface area (Å²) in [6.45, 7) is 1.26. The van der Waals surface area contributed by atoms with E-state index in [1.54, 1.807) is 0 Å². The predicted molar refractivity (Wildman–Crippen MR) is 26.9 cm³/mol. The maximum absolute atomic E-state index is 9.69. The number of halogens is 1. The normalized spacial score (nSPS) is 7.67. The minimum absolute atomic E-state index is 0.440. The zero-order valence-corrected chi connectivity index (χ0v) is 5.26. The lowest BCUT2D eigenvalue weighted by Gasteiger charge is -1.84. The molecule has 0 N–H and O–H groups in total. The van der Waals surface area contributed by atoms with Gasteiger partial charge in [-0.2, -0.15) is 0 Å². The molecule has 0 amide bonds. The molecule has 0 unspecified atom stereocenters. The molecular weight excluding hydrogens is 199 g/mol. The fourth-order valence-electron chi connectivity index (χ4n) is 0.0444. The van der Waals surface area contributed by atoms with Crippen LogP contribution in [-0.4, -0.2) is 5.97 Å². The third-order valence-electron chi connectivity index (χ3n) is 0.149. The van der Waals surface area contributed by atoms with Gasteiger partial charge in [-0.25, -0.2) is 4.79 Å². The van der Waals surface area contributed by atoms with Crippen LogP contribution >= 0.6 is 23.0 Å². The number of hydrogen-bond acceptors (Lipinski definition) is 3. The Kier molecular flexibility index (Phi) is 3.44. The van der Waals surface area contributed by atoms with E-state index in [9.17, 15) is 4.79 Å². The van der Waals surface area contributed by atoms with Crippen LogP contribution in [0.25, 0.3) is 0 Å². The van der Waals surface area contributed by atoms with E-state index >= 15 is 0 Å². The molecule has 0 aromatic rings. The van der Waals surface area contributed by atoms with Crippen molar-refractivity contribution in [3.05, 3.63) is 0 Å². The van der Waals surface area contributed by atoms with Crippen molar-refractivity contribution in [3.8, 4) is 0 Å². The first kappa shape index (κ1) is 6.16. The van der Waals surface area contributed by atoms with E-state index in [2.05, 4.69) is 8.10 Å². The summed E-state index contributed by atoms with van der Waals surface area (Å²) in [5.41, 5.74) is 0. The van der Waals surface area contributed by atoms with Crippen LogP contribution in [0.2, 0.25) is 0 Å². The Bertz CT molecular complexity index is 52.8. The Hall–Kier alpha value is 0.160. The highest BCUT2D eigenvalue weighted by Gasteiger charge is 1.85. The summed E-state index contributed by atoms with van der Waals surface area (Å²) in [6, 6.07) is 0. The summed E-state index contributed by atoms with van der Waals surface area (Å²) < 4.78 is 3.92. The Morgan fingerprint density at radius 1 is 1.83 bits per heavy atom. The molecule has 0 saturated carbocycles. The zero-order chi connectivity index (χ0) is 4.99. The van der Waals surface area contributed by atoms with Gasteiger partial charge in [0.15, 0.2) is 23.0 Å². The van der Waals surface area contributed by atoms with Crippen LogP contribution in [0.5, 0.6) is 0 Å². The molecule has 0 aromatic carbocycles. The number of carbonyl (C=O) groups is 1. The topological polar surface area (TPSA) is 35.5 Å². The lowest BCUT2D eigenvalue weighted by Crippen LogP contribution is -1.91. The molecule has 0 radical (unpaired) electrons. The Morgan fingerprint density at radius 3 is 2.33 bits per heavy atom. The van der Waals surface area contributed by atoms with E-state index in [0.717, 1.165) is 0 Å². The molecule has 0 aliphatic heterocycles. The van der Waals surface area contributed by atoms with Crippen molar-refractivity contribution in [1.82, 2.24) is 0 Å². The molecule has 0 rings (SSSR count). The minimum Gasteiger partial charge on any atom is -0.288 e. The monoisotopic (exact) mass is 202 g/mol. The van der Waals surface area contributed by atoms with Gasteiger partial charge in [0.25, 0.3) is 0 Å². The predicted octanol–water partition coefficient (Wildman–Crippen LogP) is 0.831. The first-order valence-corrected chi connectivity index (χ1v) is 2.11. The summed E-state index contributed by atoms with van der Waals surface area (Å²) in [7, 11) is 0. The maximum Gasteiger partial charge on any atom is 0.340 e. The molecule has 6 heavy (non-hydrogen) atoms. The van der Waals surface area contributed by atoms with E-state index in [1.807, 2.05) is 0 Å². The molecule has 0 aliphatic carbocycles. The van der Waals surface area contributed by atoms with Crippen molar-refractivity contribution in [3.63, 3.8) is 0 Å². The summed E-state index contributed by atoms with van der Waals surface area (Å²) in [6.07, 6.45) is 0. The van der Waals surface area contributed by atoms with Gasteiger partial charge in [-0.05, 0) is 0 Å². The average Bonchev–Trinajstić information content (AvgIpc) is 1.35. The van der Waals surface area contributed by atoms with Gasteiger partial charge in [0, 0.05) is 6.92 Å². The molecule has 0 bridgehead atoms. The minimum atomic E-state index is -0.440. The van der Waals surface area contributed by atoms with Gasteiger partial charge in [-0.1, -0.05) is 0 Å². The van der Waals surface area contributed by atoms with Crippen LogP contribution in [0.3, 0.4) is 0 Å². The van der Waals surface area contributed by atoms with Crippen molar-refractivity contribution in [2.45, 2.75) is 6.92 Å². The fourth-order valence-corrected chi connectivity index (χ4v) is 0.298. The summed E-state index contributed by atoms with van der Waals surface area (Å²) in [4.78, 5) is 13.6. The first-order chi connectivity index (χ1) is 2.77. The van der Waals surface area contributed by atoms with Crippen molar-refractivity contribution in [2.75, 3.05) is 0 Å². The van der Waals surface area contributed by atoms with Crippen LogP contribution in [0.1, 0.15) is 6.92 Å². The molecule has 36 valence electrons. The number of hydrogen-bond donors (Lipinski definition) is 0. The third kappa shape index (κ3) is 4.16. The fraction of sp³-hybridized carbons (Fsp3) is 0.500. The Morgan fingerprint density at radius 2 is 2.33 bits per heavy atom. The van der Waals surface area contributed by atoms with Crippen molar-refractivity contribution >= 4 is 29.0 Å². The van der Waals surface area contributed by atoms with E-state index in [-0.39, 0.29) is 0 Å². The van der Waals surface area contributed by atoms with Gasteiger partial charge in [-0.15, -0.1) is 3.22 Å². The van der Waals surface area contributed by atoms with Crippen LogP contribution < -0.4 is 0 Å². The van der Waals surface area contributed by atoms with Gasteiger partial charge in [0.2, 0.25) is 0 Å². The summed E-state index contributed by atoms with van der Waals surface area (Å²) in [5.74, 6) is -0.440. The van der Waals surface area contributed by atoms with Crippen molar-refractivity contribution < 1.29 is 12.9 Å². The summed E-state index contributed by atoms with van der Waals surface area (Å²) in [5, 5.41) is 0. The molecule has 4 heteroatoms. The first-order valence-electron chi connectivity index (χ1n) is 1.23. The van der Waals surface area contributed by atoms with Crippen LogP contribution in [-0.2, 0) is 12.9 Å². The van der Waals surface area contributed by atoms with E-state index in [1.165, 1.54) is 29.9 Å². The van der Waals surface area contributed by atoms with Gasteiger partial charge >= 0.3 is 5.97 Å². The smallest absolute Gasteiger partial charge is 0.288 e. The average molecular weight is 202 g/mol. The largest absolute Gasteiger partial charge is 0.340 e. The molecule has 0 aliphatic rings. The van der Waals surface area contributed by atoms with E-state index < -0.39 is 5.97 Å². The van der Waals surface area contributed by atoms with Crippen LogP contribution in [0, 0.1) is 0 Å². The van der Waals surface area contributed by atoms with Crippen LogP contribution in [0.4, 0.5) is 0 Å². The quantitative estimate of drug-likeness (QED) is 0.359. The molecule has 3 nitrogen and oxygen atoms in total. The highest BCUT2D eigenvalue weighted by molar-refractivity contribution is 14.1. The second-order valence-electron chi connectivity index (χ2n) is 0.638. The molecular formula is C2H3IO3. The highest BCUT2D eigenvalue weighted by Crippen LogP contribution is 1.85. The molecule has 0 aromatic heterocycles. The Labute approximate surface area is 49.2 Å². The second-order valence-corrected chi connectivity index (χ2v) is 0.997. The van der Waals surface area contributed by atoms with Crippen molar-refractivity contribution in [2.24, 2.45) is 0 Å². The van der Waals surface area contributed by atoms with Crippen molar-refractivity contribution in [1.29, 1.82) is 0 Å². The third-order valence-corrected chi connectivity index (χ3v) is 0.329. The van der Waals surface area contributed by atoms with Gasteiger partial charge in [0.1, 0.15) is 0 Å².